The molecule has 0 saturated heterocycles. The van der Waals surface area contributed by atoms with E-state index in [1.165, 1.54) is 4.90 Å². The molecule has 2 rings (SSSR count). The lowest BCUT2D eigenvalue weighted by Gasteiger charge is -2.29. The van der Waals surface area contributed by atoms with Crippen molar-refractivity contribution in [2.24, 2.45) is 0 Å². The first-order valence-corrected chi connectivity index (χ1v) is 10.1. The molecule has 0 bridgehead atoms. The standard InChI is InChI=1S/C21H23Cl3N2O2/c1-13(2)25-21(28)14(3)26(12-15-8-9-18(23)19(24)10-15)20(27)11-16-6-4-5-7-17(16)22/h4-10,13-14H,11-12H2,1-3H3,(H,25,28). The second kappa shape index (κ2) is 10.1. The van der Waals surface area contributed by atoms with Crippen LogP contribution in [0.2, 0.25) is 15.1 Å². The molecule has 2 aromatic rings. The second-order valence-corrected chi connectivity index (χ2v) is 8.10. The molecule has 0 fully saturated rings. The first kappa shape index (κ1) is 22.5. The average molecular weight is 442 g/mol. The minimum atomic E-state index is -0.660. The molecule has 1 unspecified atom stereocenters. The second-order valence-electron chi connectivity index (χ2n) is 6.88. The van der Waals surface area contributed by atoms with Gasteiger partial charge in [0.15, 0.2) is 0 Å². The number of nitrogens with zero attached hydrogens (tertiary/aromatic N) is 1. The van der Waals surface area contributed by atoms with Gasteiger partial charge >= 0.3 is 0 Å². The minimum absolute atomic E-state index is 0.0274. The molecule has 7 heteroatoms. The van der Waals surface area contributed by atoms with Crippen molar-refractivity contribution in [3.63, 3.8) is 0 Å². The smallest absolute Gasteiger partial charge is 0.242 e. The number of hydrogen-bond acceptors (Lipinski definition) is 2. The summed E-state index contributed by atoms with van der Waals surface area (Å²) in [5, 5.41) is 4.21. The van der Waals surface area contributed by atoms with Crippen molar-refractivity contribution in [1.82, 2.24) is 10.2 Å². The van der Waals surface area contributed by atoms with Crippen molar-refractivity contribution in [2.45, 2.75) is 45.8 Å². The van der Waals surface area contributed by atoms with E-state index in [-0.39, 0.29) is 30.8 Å². The number of nitrogens with one attached hydrogen (secondary N) is 1. The molecule has 1 atom stereocenters. The maximum atomic E-state index is 13.1. The highest BCUT2D eigenvalue weighted by Gasteiger charge is 2.27. The van der Waals surface area contributed by atoms with Crippen LogP contribution in [-0.2, 0) is 22.6 Å². The number of carbonyl (C=O) groups excluding carboxylic acids is 2. The Morgan fingerprint density at radius 3 is 2.25 bits per heavy atom. The van der Waals surface area contributed by atoms with Crippen LogP contribution in [-0.4, -0.2) is 28.8 Å². The zero-order valence-electron chi connectivity index (χ0n) is 16.0. The fourth-order valence-corrected chi connectivity index (χ4v) is 3.25. The van der Waals surface area contributed by atoms with E-state index in [0.29, 0.717) is 20.6 Å². The third-order valence-electron chi connectivity index (χ3n) is 4.23. The van der Waals surface area contributed by atoms with Crippen molar-refractivity contribution in [3.8, 4) is 0 Å². The molecule has 1 N–H and O–H groups in total. The summed E-state index contributed by atoms with van der Waals surface area (Å²) in [5.74, 6) is -0.423. The molecular weight excluding hydrogens is 419 g/mol. The van der Waals surface area contributed by atoms with E-state index in [0.717, 1.165) is 5.56 Å². The molecule has 4 nitrogen and oxygen atoms in total. The molecule has 0 radical (unpaired) electrons. The molecule has 28 heavy (non-hydrogen) atoms. The predicted molar refractivity (Wildman–Crippen MR) is 115 cm³/mol. The van der Waals surface area contributed by atoms with Crippen LogP contribution in [0.25, 0.3) is 0 Å². The van der Waals surface area contributed by atoms with Crippen molar-refractivity contribution in [3.05, 3.63) is 68.7 Å². The van der Waals surface area contributed by atoms with E-state index in [2.05, 4.69) is 5.32 Å². The van der Waals surface area contributed by atoms with Gasteiger partial charge in [0.1, 0.15) is 6.04 Å². The first-order chi connectivity index (χ1) is 13.2. The van der Waals surface area contributed by atoms with Gasteiger partial charge in [0, 0.05) is 17.6 Å². The summed E-state index contributed by atoms with van der Waals surface area (Å²) in [5.41, 5.74) is 1.50. The summed E-state index contributed by atoms with van der Waals surface area (Å²) in [7, 11) is 0. The van der Waals surface area contributed by atoms with Gasteiger partial charge in [0.05, 0.1) is 16.5 Å². The van der Waals surface area contributed by atoms with E-state index in [4.69, 9.17) is 34.8 Å². The molecule has 0 spiro atoms. The largest absolute Gasteiger partial charge is 0.352 e. The van der Waals surface area contributed by atoms with E-state index in [9.17, 15) is 9.59 Å². The molecule has 0 aliphatic carbocycles. The molecule has 0 aliphatic rings. The lowest BCUT2D eigenvalue weighted by Crippen LogP contribution is -2.49. The highest BCUT2D eigenvalue weighted by Crippen LogP contribution is 2.24. The summed E-state index contributed by atoms with van der Waals surface area (Å²) in [6.07, 6.45) is 0.0975. The Morgan fingerprint density at radius 1 is 0.964 bits per heavy atom. The fraction of sp³-hybridized carbons (Fsp3) is 0.333. The Morgan fingerprint density at radius 2 is 1.64 bits per heavy atom. The van der Waals surface area contributed by atoms with Crippen molar-refractivity contribution >= 4 is 46.6 Å². The predicted octanol–water partition coefficient (Wildman–Crippen LogP) is 5.13. The summed E-state index contributed by atoms with van der Waals surface area (Å²) in [4.78, 5) is 27.2. The summed E-state index contributed by atoms with van der Waals surface area (Å²) >= 11 is 18.3. The molecule has 2 amide bonds. The Hall–Kier alpha value is -1.75. The van der Waals surface area contributed by atoms with E-state index in [1.54, 1.807) is 37.3 Å². The topological polar surface area (TPSA) is 49.4 Å². The van der Waals surface area contributed by atoms with Crippen LogP contribution in [0.5, 0.6) is 0 Å². The van der Waals surface area contributed by atoms with Gasteiger partial charge in [-0.05, 0) is 50.1 Å². The van der Waals surface area contributed by atoms with Crippen LogP contribution in [0.15, 0.2) is 42.5 Å². The van der Waals surface area contributed by atoms with Crippen LogP contribution in [0.4, 0.5) is 0 Å². The highest BCUT2D eigenvalue weighted by atomic mass is 35.5. The number of halogens is 3. The quantitative estimate of drug-likeness (QED) is 0.647. The van der Waals surface area contributed by atoms with Gasteiger partial charge in [0.2, 0.25) is 11.8 Å². The van der Waals surface area contributed by atoms with E-state index >= 15 is 0 Å². The van der Waals surface area contributed by atoms with Gasteiger partial charge in [-0.2, -0.15) is 0 Å². The minimum Gasteiger partial charge on any atom is -0.352 e. The molecule has 0 aliphatic heterocycles. The lowest BCUT2D eigenvalue weighted by atomic mass is 10.1. The van der Waals surface area contributed by atoms with Crippen molar-refractivity contribution in [2.75, 3.05) is 0 Å². The lowest BCUT2D eigenvalue weighted by molar-refractivity contribution is -0.140. The van der Waals surface area contributed by atoms with E-state index in [1.807, 2.05) is 26.0 Å². The van der Waals surface area contributed by atoms with Crippen molar-refractivity contribution < 1.29 is 9.59 Å². The third kappa shape index (κ3) is 6.13. The Labute approximate surface area is 180 Å². The van der Waals surface area contributed by atoms with Gasteiger partial charge in [-0.3, -0.25) is 9.59 Å². The average Bonchev–Trinajstić information content (AvgIpc) is 2.63. The monoisotopic (exact) mass is 440 g/mol. The Balaban J connectivity index is 2.28. The maximum Gasteiger partial charge on any atom is 0.242 e. The third-order valence-corrected chi connectivity index (χ3v) is 5.34. The van der Waals surface area contributed by atoms with Gasteiger partial charge in [-0.1, -0.05) is 59.1 Å². The number of carbonyl (C=O) groups is 2. The molecule has 150 valence electrons. The molecular formula is C21H23Cl3N2O2. The Bertz CT molecular complexity index is 855. The molecule has 0 saturated carbocycles. The van der Waals surface area contributed by atoms with Crippen LogP contribution in [0.1, 0.15) is 31.9 Å². The van der Waals surface area contributed by atoms with Crippen molar-refractivity contribution in [1.29, 1.82) is 0 Å². The van der Waals surface area contributed by atoms with Gasteiger partial charge < -0.3 is 10.2 Å². The van der Waals surface area contributed by atoms with Crippen LogP contribution in [0, 0.1) is 0 Å². The fourth-order valence-electron chi connectivity index (χ4n) is 2.73. The van der Waals surface area contributed by atoms with Gasteiger partial charge in [0.25, 0.3) is 0 Å². The number of benzene rings is 2. The van der Waals surface area contributed by atoms with Gasteiger partial charge in [-0.15, -0.1) is 0 Å². The number of rotatable bonds is 7. The highest BCUT2D eigenvalue weighted by molar-refractivity contribution is 6.42. The number of hydrogen-bond donors (Lipinski definition) is 1. The summed E-state index contributed by atoms with van der Waals surface area (Å²) in [6.45, 7) is 5.69. The zero-order chi connectivity index (χ0) is 20.8. The van der Waals surface area contributed by atoms with Crippen LogP contribution < -0.4 is 5.32 Å². The zero-order valence-corrected chi connectivity index (χ0v) is 18.3. The van der Waals surface area contributed by atoms with Crippen LogP contribution >= 0.6 is 34.8 Å². The summed E-state index contributed by atoms with van der Waals surface area (Å²) < 4.78 is 0. The summed E-state index contributed by atoms with van der Waals surface area (Å²) in [6, 6.07) is 11.7. The SMILES string of the molecule is CC(C)NC(=O)C(C)N(Cc1ccc(Cl)c(Cl)c1)C(=O)Cc1ccccc1Cl. The number of amides is 2. The van der Waals surface area contributed by atoms with Crippen LogP contribution in [0.3, 0.4) is 0 Å². The molecule has 0 heterocycles. The van der Waals surface area contributed by atoms with Gasteiger partial charge in [-0.25, -0.2) is 0 Å². The Kier molecular flexibility index (Phi) is 8.17. The normalized spacial score (nSPS) is 12.0. The molecule has 0 aromatic heterocycles. The first-order valence-electron chi connectivity index (χ1n) is 8.96. The maximum absolute atomic E-state index is 13.1. The molecule has 2 aromatic carbocycles. The van der Waals surface area contributed by atoms with E-state index < -0.39 is 6.04 Å².